The standard InChI is InChI=1S/C18H12F4O3/c19-17(20)24-13-6-5-11(15(9-13)25-18(21)22)8-12-7-10-3-1-2-4-14(10)16(12)23/h1-6,8-9,17-18H,7H2/b12-8+. The first kappa shape index (κ1) is 17.0. The quantitative estimate of drug-likeness (QED) is 0.577. The first-order chi connectivity index (χ1) is 11.9. The van der Waals surface area contributed by atoms with Crippen molar-refractivity contribution in [2.24, 2.45) is 0 Å². The molecule has 0 fully saturated rings. The number of allylic oxidation sites excluding steroid dienone is 1. The SMILES string of the molecule is O=C1/C(=C/c2ccc(OC(F)F)cc2OC(F)F)Cc2ccccc21. The topological polar surface area (TPSA) is 35.5 Å². The van der Waals surface area contributed by atoms with Crippen LogP contribution in [0.1, 0.15) is 21.5 Å². The Labute approximate surface area is 140 Å². The number of hydrogen-bond acceptors (Lipinski definition) is 3. The zero-order chi connectivity index (χ0) is 18.0. The summed E-state index contributed by atoms with van der Waals surface area (Å²) in [6.07, 6.45) is 1.78. The molecule has 1 aliphatic carbocycles. The second kappa shape index (κ2) is 6.96. The maximum Gasteiger partial charge on any atom is 0.387 e. The van der Waals surface area contributed by atoms with Gasteiger partial charge < -0.3 is 9.47 Å². The van der Waals surface area contributed by atoms with Crippen molar-refractivity contribution in [3.63, 3.8) is 0 Å². The van der Waals surface area contributed by atoms with Crippen LogP contribution in [0, 0.1) is 0 Å². The fourth-order valence-corrected chi connectivity index (χ4v) is 2.67. The first-order valence-corrected chi connectivity index (χ1v) is 7.31. The van der Waals surface area contributed by atoms with Gasteiger partial charge in [-0.05, 0) is 23.8 Å². The molecule has 3 nitrogen and oxygen atoms in total. The minimum Gasteiger partial charge on any atom is -0.435 e. The van der Waals surface area contributed by atoms with Crippen molar-refractivity contribution in [2.45, 2.75) is 19.6 Å². The average molecular weight is 352 g/mol. The fraction of sp³-hybridized carbons (Fsp3) is 0.167. The summed E-state index contributed by atoms with van der Waals surface area (Å²) in [5, 5.41) is 0. The van der Waals surface area contributed by atoms with E-state index in [4.69, 9.17) is 0 Å². The summed E-state index contributed by atoms with van der Waals surface area (Å²) < 4.78 is 58.3. The van der Waals surface area contributed by atoms with Crippen molar-refractivity contribution >= 4 is 11.9 Å². The summed E-state index contributed by atoms with van der Waals surface area (Å²) in [7, 11) is 0. The molecule has 0 amide bonds. The van der Waals surface area contributed by atoms with Gasteiger partial charge in [0.25, 0.3) is 0 Å². The predicted octanol–water partition coefficient (Wildman–Crippen LogP) is 4.71. The number of carbonyl (C=O) groups excluding carboxylic acids is 1. The highest BCUT2D eigenvalue weighted by Crippen LogP contribution is 2.32. The van der Waals surface area contributed by atoms with Crippen LogP contribution < -0.4 is 9.47 Å². The van der Waals surface area contributed by atoms with Crippen LogP contribution in [-0.4, -0.2) is 19.0 Å². The highest BCUT2D eigenvalue weighted by atomic mass is 19.3. The molecule has 130 valence electrons. The third kappa shape index (κ3) is 3.81. The highest BCUT2D eigenvalue weighted by Gasteiger charge is 2.24. The fourth-order valence-electron chi connectivity index (χ4n) is 2.67. The highest BCUT2D eigenvalue weighted by molar-refractivity contribution is 6.15. The van der Waals surface area contributed by atoms with E-state index in [-0.39, 0.29) is 22.8 Å². The van der Waals surface area contributed by atoms with Crippen LogP contribution >= 0.6 is 0 Å². The molecular weight excluding hydrogens is 340 g/mol. The third-order valence-electron chi connectivity index (χ3n) is 3.69. The van der Waals surface area contributed by atoms with E-state index >= 15 is 0 Å². The molecule has 0 radical (unpaired) electrons. The Kier molecular flexibility index (Phi) is 4.74. The summed E-state index contributed by atoms with van der Waals surface area (Å²) in [4.78, 5) is 12.4. The number of fused-ring (bicyclic) bond motifs is 1. The normalized spacial score (nSPS) is 15.1. The minimum absolute atomic E-state index is 0.179. The van der Waals surface area contributed by atoms with Gasteiger partial charge in [0.05, 0.1) is 0 Å². The smallest absolute Gasteiger partial charge is 0.387 e. The Morgan fingerprint density at radius 2 is 1.68 bits per heavy atom. The molecule has 0 aromatic heterocycles. The van der Waals surface area contributed by atoms with E-state index in [9.17, 15) is 22.4 Å². The van der Waals surface area contributed by atoms with Gasteiger partial charge in [-0.1, -0.05) is 24.3 Å². The molecule has 0 saturated carbocycles. The Balaban J connectivity index is 1.95. The molecule has 0 atom stereocenters. The number of rotatable bonds is 5. The lowest BCUT2D eigenvalue weighted by atomic mass is 10.1. The van der Waals surface area contributed by atoms with Crippen LogP contribution in [0.3, 0.4) is 0 Å². The number of ketones is 1. The molecule has 0 saturated heterocycles. The maximum atomic E-state index is 12.6. The van der Waals surface area contributed by atoms with E-state index in [2.05, 4.69) is 9.47 Å². The van der Waals surface area contributed by atoms with Crippen LogP contribution in [-0.2, 0) is 6.42 Å². The van der Waals surface area contributed by atoms with Crippen LogP contribution in [0.5, 0.6) is 11.5 Å². The van der Waals surface area contributed by atoms with Crippen molar-refractivity contribution in [3.8, 4) is 11.5 Å². The average Bonchev–Trinajstić information content (AvgIpc) is 2.85. The Morgan fingerprint density at radius 1 is 0.960 bits per heavy atom. The van der Waals surface area contributed by atoms with Gasteiger partial charge in [0.2, 0.25) is 0 Å². The number of carbonyl (C=O) groups is 1. The van der Waals surface area contributed by atoms with Gasteiger partial charge in [0.1, 0.15) is 11.5 Å². The maximum absolute atomic E-state index is 12.6. The molecule has 2 aromatic carbocycles. The Bertz CT molecular complexity index is 831. The summed E-state index contributed by atoms with van der Waals surface area (Å²) in [6.45, 7) is -6.23. The van der Waals surface area contributed by atoms with E-state index in [1.807, 2.05) is 6.07 Å². The van der Waals surface area contributed by atoms with Crippen LogP contribution in [0.2, 0.25) is 0 Å². The van der Waals surface area contributed by atoms with Gasteiger partial charge in [0, 0.05) is 29.2 Å². The monoisotopic (exact) mass is 352 g/mol. The molecule has 1 aliphatic rings. The minimum atomic E-state index is -3.14. The number of hydrogen-bond donors (Lipinski definition) is 0. The number of Topliss-reactive ketones (excluding diaryl/α,β-unsaturated/α-hetero) is 1. The molecular formula is C18H12F4O3. The molecule has 7 heteroatoms. The van der Waals surface area contributed by atoms with E-state index in [0.717, 1.165) is 11.6 Å². The number of alkyl halides is 4. The summed E-state index contributed by atoms with van der Waals surface area (Å²) in [5.74, 6) is -0.857. The van der Waals surface area contributed by atoms with E-state index in [0.29, 0.717) is 17.6 Å². The third-order valence-corrected chi connectivity index (χ3v) is 3.69. The van der Waals surface area contributed by atoms with Gasteiger partial charge in [-0.25, -0.2) is 0 Å². The number of halogens is 4. The van der Waals surface area contributed by atoms with Crippen LogP contribution in [0.25, 0.3) is 6.08 Å². The van der Waals surface area contributed by atoms with E-state index in [1.165, 1.54) is 18.2 Å². The molecule has 0 N–H and O–H groups in total. The van der Waals surface area contributed by atoms with Crippen molar-refractivity contribution in [1.29, 1.82) is 0 Å². The van der Waals surface area contributed by atoms with Crippen molar-refractivity contribution in [2.75, 3.05) is 0 Å². The molecule has 0 bridgehead atoms. The van der Waals surface area contributed by atoms with Gasteiger partial charge in [0.15, 0.2) is 5.78 Å². The molecule has 25 heavy (non-hydrogen) atoms. The first-order valence-electron chi connectivity index (χ1n) is 7.31. The summed E-state index contributed by atoms with van der Waals surface area (Å²) in [5.41, 5.74) is 1.98. The van der Waals surface area contributed by atoms with Gasteiger partial charge in [-0.15, -0.1) is 0 Å². The van der Waals surface area contributed by atoms with Crippen molar-refractivity contribution < 1.29 is 31.8 Å². The Hall–Kier alpha value is -2.83. The molecule has 2 aromatic rings. The number of benzene rings is 2. The lowest BCUT2D eigenvalue weighted by Gasteiger charge is -2.11. The lowest BCUT2D eigenvalue weighted by Crippen LogP contribution is -2.06. The van der Waals surface area contributed by atoms with E-state index in [1.54, 1.807) is 18.2 Å². The Morgan fingerprint density at radius 3 is 2.36 bits per heavy atom. The zero-order valence-electron chi connectivity index (χ0n) is 12.7. The van der Waals surface area contributed by atoms with Gasteiger partial charge in [-0.2, -0.15) is 17.6 Å². The summed E-state index contributed by atoms with van der Waals surface area (Å²) >= 11 is 0. The zero-order valence-corrected chi connectivity index (χ0v) is 12.7. The largest absolute Gasteiger partial charge is 0.435 e. The molecule has 0 unspecified atom stereocenters. The molecule has 0 heterocycles. The van der Waals surface area contributed by atoms with Crippen LogP contribution in [0.15, 0.2) is 48.0 Å². The lowest BCUT2D eigenvalue weighted by molar-refractivity contribution is -0.0543. The summed E-state index contributed by atoms with van der Waals surface area (Å²) in [6, 6.07) is 10.5. The van der Waals surface area contributed by atoms with Gasteiger partial charge >= 0.3 is 13.2 Å². The van der Waals surface area contributed by atoms with Crippen molar-refractivity contribution in [3.05, 3.63) is 64.7 Å². The van der Waals surface area contributed by atoms with E-state index < -0.39 is 13.2 Å². The molecule has 0 aliphatic heterocycles. The second-order valence-electron chi connectivity index (χ2n) is 5.29. The second-order valence-corrected chi connectivity index (χ2v) is 5.29. The molecule has 0 spiro atoms. The molecule has 3 rings (SSSR count). The van der Waals surface area contributed by atoms with Gasteiger partial charge in [-0.3, -0.25) is 4.79 Å². The van der Waals surface area contributed by atoms with Crippen LogP contribution in [0.4, 0.5) is 17.6 Å². The van der Waals surface area contributed by atoms with Crippen molar-refractivity contribution in [1.82, 2.24) is 0 Å². The predicted molar refractivity (Wildman–Crippen MR) is 82.2 cm³/mol. The number of ether oxygens (including phenoxy) is 2.